The molecular formula is C14H21N3O3S. The van der Waals surface area contributed by atoms with Crippen molar-refractivity contribution in [3.63, 3.8) is 0 Å². The van der Waals surface area contributed by atoms with Gasteiger partial charge in [0.1, 0.15) is 0 Å². The highest BCUT2D eigenvalue weighted by atomic mass is 32.2. The van der Waals surface area contributed by atoms with E-state index < -0.39 is 9.84 Å². The van der Waals surface area contributed by atoms with Gasteiger partial charge in [0.25, 0.3) is 5.91 Å². The number of nitrogens with zero attached hydrogens (tertiary/aromatic N) is 1. The molecule has 0 radical (unpaired) electrons. The maximum atomic E-state index is 12.2. The molecule has 0 saturated carbocycles. The highest BCUT2D eigenvalue weighted by Crippen LogP contribution is 2.22. The summed E-state index contributed by atoms with van der Waals surface area (Å²) in [5.41, 5.74) is 7.72. The molecular weight excluding hydrogens is 290 g/mol. The number of carbonyl (C=O) groups excluding carboxylic acids is 1. The van der Waals surface area contributed by atoms with Crippen molar-refractivity contribution in [1.29, 1.82) is 0 Å². The van der Waals surface area contributed by atoms with Gasteiger partial charge in [-0.05, 0) is 31.0 Å². The third kappa shape index (κ3) is 3.87. The van der Waals surface area contributed by atoms with Crippen LogP contribution in [0, 0.1) is 0 Å². The van der Waals surface area contributed by atoms with Crippen LogP contribution in [0.25, 0.3) is 0 Å². The van der Waals surface area contributed by atoms with Gasteiger partial charge in [-0.15, -0.1) is 0 Å². The van der Waals surface area contributed by atoms with Crippen LogP contribution in [0.15, 0.2) is 18.2 Å². The number of hydrogen-bond donors (Lipinski definition) is 2. The van der Waals surface area contributed by atoms with Gasteiger partial charge >= 0.3 is 0 Å². The number of carbonyl (C=O) groups is 1. The van der Waals surface area contributed by atoms with Crippen LogP contribution in [-0.4, -0.2) is 46.0 Å². The van der Waals surface area contributed by atoms with E-state index in [1.54, 1.807) is 18.2 Å². The van der Waals surface area contributed by atoms with E-state index in [-0.39, 0.29) is 23.5 Å². The number of amides is 1. The number of nitrogens with two attached hydrogens (primary N) is 1. The monoisotopic (exact) mass is 311 g/mol. The Morgan fingerprint density at radius 2 is 2.10 bits per heavy atom. The quantitative estimate of drug-likeness (QED) is 0.799. The van der Waals surface area contributed by atoms with Gasteiger partial charge in [-0.3, -0.25) is 4.79 Å². The molecule has 3 N–H and O–H groups in total. The summed E-state index contributed by atoms with van der Waals surface area (Å²) in [6.45, 7) is 0. The number of benzene rings is 1. The van der Waals surface area contributed by atoms with Crippen LogP contribution < -0.4 is 16.0 Å². The summed E-state index contributed by atoms with van der Waals surface area (Å²) >= 11 is 0. The van der Waals surface area contributed by atoms with Crippen molar-refractivity contribution in [3.8, 4) is 0 Å². The Morgan fingerprint density at radius 1 is 1.38 bits per heavy atom. The largest absolute Gasteiger partial charge is 0.397 e. The van der Waals surface area contributed by atoms with Gasteiger partial charge in [0.2, 0.25) is 0 Å². The van der Waals surface area contributed by atoms with Gasteiger partial charge in [0.05, 0.1) is 22.9 Å². The molecule has 2 rings (SSSR count). The maximum absolute atomic E-state index is 12.2. The minimum absolute atomic E-state index is 0.0179. The third-order valence-corrected chi connectivity index (χ3v) is 5.39. The number of nitrogen functional groups attached to an aromatic ring is 1. The molecule has 1 unspecified atom stereocenters. The molecule has 1 aliphatic heterocycles. The van der Waals surface area contributed by atoms with E-state index >= 15 is 0 Å². The fourth-order valence-electron chi connectivity index (χ4n) is 2.51. The second-order valence-corrected chi connectivity index (χ2v) is 7.82. The summed E-state index contributed by atoms with van der Waals surface area (Å²) in [6.07, 6.45) is 1.28. The predicted molar refractivity (Wildman–Crippen MR) is 84.3 cm³/mol. The average molecular weight is 311 g/mol. The first kappa shape index (κ1) is 15.6. The lowest BCUT2D eigenvalue weighted by Gasteiger charge is -2.23. The van der Waals surface area contributed by atoms with E-state index in [0.29, 0.717) is 24.1 Å². The predicted octanol–water partition coefficient (Wildman–Crippen LogP) is 0.642. The van der Waals surface area contributed by atoms with Gasteiger partial charge in [-0.25, -0.2) is 8.42 Å². The smallest absolute Gasteiger partial charge is 0.251 e. The molecule has 1 fully saturated rings. The molecule has 0 aliphatic carbocycles. The first-order valence-corrected chi connectivity index (χ1v) is 8.69. The molecule has 0 aromatic heterocycles. The molecule has 0 bridgehead atoms. The standard InChI is InChI=1S/C14H21N3O3S/c1-17(2)13-6-5-10(8-12(13)15)14(18)16-11-4-3-7-21(19,20)9-11/h5-6,8,11H,3-4,7,9,15H2,1-2H3,(H,16,18). The van der Waals surface area contributed by atoms with Crippen LogP contribution in [0.3, 0.4) is 0 Å². The minimum Gasteiger partial charge on any atom is -0.397 e. The molecule has 1 saturated heterocycles. The number of rotatable bonds is 3. The molecule has 1 aromatic rings. The van der Waals surface area contributed by atoms with E-state index in [0.717, 1.165) is 5.69 Å². The van der Waals surface area contributed by atoms with Crippen molar-refractivity contribution in [3.05, 3.63) is 23.8 Å². The van der Waals surface area contributed by atoms with Crippen LogP contribution >= 0.6 is 0 Å². The van der Waals surface area contributed by atoms with E-state index in [9.17, 15) is 13.2 Å². The van der Waals surface area contributed by atoms with E-state index in [1.165, 1.54) is 0 Å². The number of sulfone groups is 1. The zero-order chi connectivity index (χ0) is 15.6. The molecule has 116 valence electrons. The summed E-state index contributed by atoms with van der Waals surface area (Å²) in [5.74, 6) is -0.0532. The molecule has 1 aromatic carbocycles. The lowest BCUT2D eigenvalue weighted by atomic mass is 10.1. The second kappa shape index (κ2) is 5.93. The highest BCUT2D eigenvalue weighted by molar-refractivity contribution is 7.91. The van der Waals surface area contributed by atoms with Gasteiger partial charge in [-0.1, -0.05) is 0 Å². The number of nitrogens with one attached hydrogen (secondary N) is 1. The van der Waals surface area contributed by atoms with Crippen molar-refractivity contribution < 1.29 is 13.2 Å². The normalized spacial score (nSPS) is 20.8. The zero-order valence-electron chi connectivity index (χ0n) is 12.3. The fourth-order valence-corrected chi connectivity index (χ4v) is 4.14. The van der Waals surface area contributed by atoms with Crippen molar-refractivity contribution in [1.82, 2.24) is 5.32 Å². The van der Waals surface area contributed by atoms with Crippen LogP contribution in [0.4, 0.5) is 11.4 Å². The lowest BCUT2D eigenvalue weighted by molar-refractivity contribution is 0.0938. The Morgan fingerprint density at radius 3 is 2.67 bits per heavy atom. The van der Waals surface area contributed by atoms with Crippen molar-refractivity contribution in [2.75, 3.05) is 36.2 Å². The molecule has 1 heterocycles. The van der Waals surface area contributed by atoms with Gasteiger partial charge in [-0.2, -0.15) is 0 Å². The minimum atomic E-state index is -3.03. The summed E-state index contributed by atoms with van der Waals surface area (Å²) in [6, 6.07) is 4.77. The molecule has 21 heavy (non-hydrogen) atoms. The maximum Gasteiger partial charge on any atom is 0.251 e. The van der Waals surface area contributed by atoms with Crippen LogP contribution in [0.5, 0.6) is 0 Å². The topological polar surface area (TPSA) is 92.5 Å². The van der Waals surface area contributed by atoms with Crippen molar-refractivity contribution >= 4 is 27.1 Å². The molecule has 1 aliphatic rings. The zero-order valence-corrected chi connectivity index (χ0v) is 13.1. The van der Waals surface area contributed by atoms with E-state index in [2.05, 4.69) is 5.32 Å². The summed E-state index contributed by atoms with van der Waals surface area (Å²) in [4.78, 5) is 14.0. The fraction of sp³-hybridized carbons (Fsp3) is 0.500. The molecule has 0 spiro atoms. The average Bonchev–Trinajstić information content (AvgIpc) is 2.36. The van der Waals surface area contributed by atoms with Gasteiger partial charge in [0, 0.05) is 25.7 Å². The SMILES string of the molecule is CN(C)c1ccc(C(=O)NC2CCCS(=O)(=O)C2)cc1N. The van der Waals surface area contributed by atoms with Crippen LogP contribution in [0.1, 0.15) is 23.2 Å². The van der Waals surface area contributed by atoms with Crippen LogP contribution in [-0.2, 0) is 9.84 Å². The molecule has 1 atom stereocenters. The Balaban J connectivity index is 2.08. The van der Waals surface area contributed by atoms with Gasteiger partial charge in [0.15, 0.2) is 9.84 Å². The van der Waals surface area contributed by atoms with Crippen LogP contribution in [0.2, 0.25) is 0 Å². The first-order valence-electron chi connectivity index (χ1n) is 6.86. The Hall–Kier alpha value is -1.76. The Labute approximate surface area is 125 Å². The van der Waals surface area contributed by atoms with E-state index in [4.69, 9.17) is 5.73 Å². The Bertz CT molecular complexity index is 641. The molecule has 1 amide bonds. The van der Waals surface area contributed by atoms with Crippen molar-refractivity contribution in [2.24, 2.45) is 0 Å². The van der Waals surface area contributed by atoms with E-state index in [1.807, 2.05) is 19.0 Å². The molecule has 6 nitrogen and oxygen atoms in total. The Kier molecular flexibility index (Phi) is 4.41. The summed E-state index contributed by atoms with van der Waals surface area (Å²) < 4.78 is 23.2. The summed E-state index contributed by atoms with van der Waals surface area (Å²) in [5, 5.41) is 2.78. The highest BCUT2D eigenvalue weighted by Gasteiger charge is 2.26. The molecule has 7 heteroatoms. The number of anilines is 2. The first-order chi connectivity index (χ1) is 9.78. The van der Waals surface area contributed by atoms with Crippen molar-refractivity contribution in [2.45, 2.75) is 18.9 Å². The van der Waals surface area contributed by atoms with Gasteiger partial charge < -0.3 is 16.0 Å². The third-order valence-electron chi connectivity index (χ3n) is 3.57. The number of hydrogen-bond acceptors (Lipinski definition) is 5. The summed E-state index contributed by atoms with van der Waals surface area (Å²) in [7, 11) is 0.715. The second-order valence-electron chi connectivity index (χ2n) is 5.59. The lowest BCUT2D eigenvalue weighted by Crippen LogP contribution is -2.43.